The van der Waals surface area contributed by atoms with E-state index < -0.39 is 11.9 Å². The van der Waals surface area contributed by atoms with Crippen LogP contribution in [-0.2, 0) is 22.3 Å². The maximum absolute atomic E-state index is 12.5. The van der Waals surface area contributed by atoms with Gasteiger partial charge in [-0.25, -0.2) is 4.79 Å². The second-order valence-electron chi connectivity index (χ2n) is 5.19. The molecule has 134 valence electrons. The fourth-order valence-electron chi connectivity index (χ4n) is 2.47. The van der Waals surface area contributed by atoms with E-state index >= 15 is 0 Å². The van der Waals surface area contributed by atoms with Crippen LogP contribution in [0.25, 0.3) is 10.9 Å². The Morgan fingerprint density at radius 3 is 2.64 bits per heavy atom. The van der Waals surface area contributed by atoms with Crippen LogP contribution < -0.4 is 15.9 Å². The number of nitrogens with two attached hydrogens (primary N) is 2. The second-order valence-corrected chi connectivity index (χ2v) is 7.09. The third-order valence-electron chi connectivity index (χ3n) is 3.48. The Kier molecular flexibility index (Phi) is 6.12. The number of halogens is 1. The van der Waals surface area contributed by atoms with E-state index in [2.05, 4.69) is 15.9 Å². The summed E-state index contributed by atoms with van der Waals surface area (Å²) in [5.74, 6) is -0.159. The van der Waals surface area contributed by atoms with Crippen LogP contribution in [0.2, 0.25) is 0 Å². The van der Waals surface area contributed by atoms with Crippen LogP contribution in [0.5, 0.6) is 5.75 Å². The molecule has 2 rings (SSSR count). The van der Waals surface area contributed by atoms with Gasteiger partial charge in [0.15, 0.2) is 0 Å². The number of carbonyl (C=O) groups excluding carboxylic acids is 2. The normalized spacial score (nSPS) is 10.7. The molecule has 9 heteroatoms. The number of nitrogens with zero attached hydrogens (tertiary/aromatic N) is 1. The summed E-state index contributed by atoms with van der Waals surface area (Å²) in [6, 6.07) is 3.44. The third-order valence-corrected chi connectivity index (χ3v) is 4.85. The Morgan fingerprint density at radius 2 is 2.08 bits per heavy atom. The molecule has 0 aliphatic rings. The zero-order chi connectivity index (χ0) is 18.7. The number of fused-ring (bicyclic) bond motifs is 1. The van der Waals surface area contributed by atoms with Crippen molar-refractivity contribution in [3.8, 4) is 5.75 Å². The highest BCUT2D eigenvalue weighted by atomic mass is 79.9. The molecular formula is C16H19BrN3O4S+. The molecule has 1 heterocycles. The van der Waals surface area contributed by atoms with Crippen molar-refractivity contribution in [2.45, 2.75) is 19.6 Å². The molecule has 0 atom stereocenters. The fourth-order valence-corrected chi connectivity index (χ4v) is 3.53. The van der Waals surface area contributed by atoms with Gasteiger partial charge in [0.2, 0.25) is 0 Å². The van der Waals surface area contributed by atoms with Crippen LogP contribution in [0.15, 0.2) is 16.6 Å². The predicted molar refractivity (Wildman–Crippen MR) is 100 cm³/mol. The van der Waals surface area contributed by atoms with E-state index in [1.165, 1.54) is 18.7 Å². The predicted octanol–water partition coefficient (Wildman–Crippen LogP) is 1.35. The lowest BCUT2D eigenvalue weighted by molar-refractivity contribution is -0.131. The highest BCUT2D eigenvalue weighted by Gasteiger charge is 2.24. The van der Waals surface area contributed by atoms with Crippen molar-refractivity contribution in [1.82, 2.24) is 4.57 Å². The van der Waals surface area contributed by atoms with Crippen LogP contribution in [0, 0.1) is 0 Å². The van der Waals surface area contributed by atoms with E-state index in [0.29, 0.717) is 26.9 Å². The molecule has 0 aliphatic heterocycles. The summed E-state index contributed by atoms with van der Waals surface area (Å²) in [5.41, 5.74) is 7.46. The van der Waals surface area contributed by atoms with Gasteiger partial charge in [0, 0.05) is 30.8 Å². The summed E-state index contributed by atoms with van der Waals surface area (Å²) in [6.45, 7) is 3.31. The molecule has 0 spiro atoms. The maximum Gasteiger partial charge on any atom is 0.340 e. The smallest absolute Gasteiger partial charge is 0.340 e. The molecule has 0 amide bonds. The molecule has 7 nitrogen and oxygen atoms in total. The van der Waals surface area contributed by atoms with E-state index in [0.717, 1.165) is 11.2 Å². The largest absolute Gasteiger partial charge is 0.462 e. The first-order chi connectivity index (χ1) is 11.8. The topological polar surface area (TPSA) is 109 Å². The molecule has 0 bridgehead atoms. The zero-order valence-corrected chi connectivity index (χ0v) is 16.5. The number of hydrogen-bond acceptors (Lipinski definition) is 5. The molecule has 0 saturated carbocycles. The number of thioether (sulfide) groups is 1. The highest BCUT2D eigenvalue weighted by molar-refractivity contribution is 9.10. The lowest BCUT2D eigenvalue weighted by atomic mass is 10.1. The lowest BCUT2D eigenvalue weighted by Crippen LogP contribution is -2.43. The SMILES string of the molecule is CCOC(=O)c1c(CSC(N)=[NH2+])n(C)c2cc(Br)c(OC(C)=O)cc12. The average molecular weight is 429 g/mol. The number of ether oxygens (including phenoxy) is 2. The van der Waals surface area contributed by atoms with Crippen molar-refractivity contribution >= 4 is 55.7 Å². The van der Waals surface area contributed by atoms with Crippen molar-refractivity contribution in [2.75, 3.05) is 6.61 Å². The Balaban J connectivity index is 2.70. The van der Waals surface area contributed by atoms with Crippen LogP contribution in [0.4, 0.5) is 0 Å². The van der Waals surface area contributed by atoms with Gasteiger partial charge in [-0.15, -0.1) is 0 Å². The molecule has 2 aromatic rings. The van der Waals surface area contributed by atoms with E-state index in [1.807, 2.05) is 11.6 Å². The monoisotopic (exact) mass is 428 g/mol. The average Bonchev–Trinajstić information content (AvgIpc) is 2.77. The van der Waals surface area contributed by atoms with Gasteiger partial charge in [0.25, 0.3) is 5.17 Å². The number of esters is 2. The molecule has 1 aromatic heterocycles. The summed E-state index contributed by atoms with van der Waals surface area (Å²) in [5, 5.41) is 6.38. The minimum Gasteiger partial charge on any atom is -0.462 e. The van der Waals surface area contributed by atoms with E-state index in [1.54, 1.807) is 19.1 Å². The van der Waals surface area contributed by atoms with Crippen LogP contribution in [-0.4, -0.2) is 28.3 Å². The fraction of sp³-hybridized carbons (Fsp3) is 0.312. The van der Waals surface area contributed by atoms with E-state index in [9.17, 15) is 9.59 Å². The molecule has 0 radical (unpaired) electrons. The number of benzene rings is 1. The molecule has 25 heavy (non-hydrogen) atoms. The van der Waals surface area contributed by atoms with Crippen molar-refractivity contribution in [3.05, 3.63) is 27.9 Å². The number of aryl methyl sites for hydroxylation is 1. The van der Waals surface area contributed by atoms with Crippen LogP contribution in [0.1, 0.15) is 29.9 Å². The van der Waals surface area contributed by atoms with E-state index in [4.69, 9.17) is 20.6 Å². The van der Waals surface area contributed by atoms with Crippen molar-refractivity contribution in [2.24, 2.45) is 12.8 Å². The van der Waals surface area contributed by atoms with Gasteiger partial charge in [-0.05, 0) is 46.7 Å². The first kappa shape index (κ1) is 19.3. The summed E-state index contributed by atoms with van der Waals surface area (Å²) in [6.07, 6.45) is 0. The minimum atomic E-state index is -0.449. The first-order valence-electron chi connectivity index (χ1n) is 7.43. The molecule has 4 N–H and O–H groups in total. The zero-order valence-electron chi connectivity index (χ0n) is 14.1. The molecular weight excluding hydrogens is 410 g/mol. The Bertz CT molecular complexity index is 863. The number of carbonyl (C=O) groups is 2. The van der Waals surface area contributed by atoms with Crippen LogP contribution >= 0.6 is 27.7 Å². The summed E-state index contributed by atoms with van der Waals surface area (Å²) in [7, 11) is 1.84. The minimum absolute atomic E-state index is 0.210. The molecule has 1 aromatic carbocycles. The highest BCUT2D eigenvalue weighted by Crippen LogP contribution is 2.36. The lowest BCUT2D eigenvalue weighted by Gasteiger charge is -2.06. The van der Waals surface area contributed by atoms with Crippen molar-refractivity contribution in [1.29, 1.82) is 0 Å². The van der Waals surface area contributed by atoms with Gasteiger partial charge in [-0.1, -0.05) is 0 Å². The van der Waals surface area contributed by atoms with Gasteiger partial charge in [-0.2, -0.15) is 0 Å². The number of hydrogen-bond donors (Lipinski definition) is 2. The Hall–Kier alpha value is -2.00. The van der Waals surface area contributed by atoms with Crippen molar-refractivity contribution < 1.29 is 24.5 Å². The Morgan fingerprint density at radius 1 is 1.40 bits per heavy atom. The van der Waals surface area contributed by atoms with Crippen molar-refractivity contribution in [3.63, 3.8) is 0 Å². The van der Waals surface area contributed by atoms with E-state index in [-0.39, 0.29) is 11.8 Å². The second kappa shape index (κ2) is 7.92. The third kappa shape index (κ3) is 4.16. The summed E-state index contributed by atoms with van der Waals surface area (Å²) >= 11 is 4.62. The van der Waals surface area contributed by atoms with Gasteiger partial charge < -0.3 is 14.0 Å². The molecule has 0 saturated heterocycles. The first-order valence-corrected chi connectivity index (χ1v) is 9.21. The van der Waals surface area contributed by atoms with Crippen LogP contribution in [0.3, 0.4) is 0 Å². The number of rotatable bonds is 5. The van der Waals surface area contributed by atoms with Gasteiger partial charge in [0.05, 0.1) is 22.2 Å². The number of aromatic nitrogens is 1. The van der Waals surface area contributed by atoms with Gasteiger partial charge in [-0.3, -0.25) is 15.9 Å². The molecule has 0 fully saturated rings. The Labute approximate surface area is 157 Å². The molecule has 0 unspecified atom stereocenters. The standard InChI is InChI=1S/C16H18BrN3O4S/c1-4-23-15(22)14-9-5-13(24-8(2)21)10(17)6-11(9)20(3)12(14)7-25-16(18)19/h5-6H,4,7H2,1-3H3,(H3,18,19)/p+1. The summed E-state index contributed by atoms with van der Waals surface area (Å²) in [4.78, 5) is 23.8. The molecule has 0 aliphatic carbocycles. The van der Waals surface area contributed by atoms with Gasteiger partial charge in [0.1, 0.15) is 5.75 Å². The number of amidine groups is 1. The van der Waals surface area contributed by atoms with Gasteiger partial charge >= 0.3 is 11.9 Å². The summed E-state index contributed by atoms with van der Waals surface area (Å²) < 4.78 is 12.9. The quantitative estimate of drug-likeness (QED) is 0.322. The maximum atomic E-state index is 12.5.